The number of hydrogen-bond acceptors (Lipinski definition) is 4. The molecule has 2 aromatic carbocycles. The van der Waals surface area contributed by atoms with E-state index in [-0.39, 0.29) is 10.8 Å². The second-order valence-corrected chi connectivity index (χ2v) is 7.29. The van der Waals surface area contributed by atoms with E-state index in [9.17, 15) is 13.2 Å². The number of carbonyl (C=O) groups excluding carboxylic acids is 1. The second kappa shape index (κ2) is 7.76. The van der Waals surface area contributed by atoms with Crippen LogP contribution in [0.1, 0.15) is 12.5 Å². The number of nitrogens with two attached hydrogens (primary N) is 1. The van der Waals surface area contributed by atoms with E-state index in [2.05, 4.69) is 10.6 Å². The number of halogens is 1. The molecule has 0 saturated carbocycles. The Labute approximate surface area is 146 Å². The first-order chi connectivity index (χ1) is 11.3. The monoisotopic (exact) mass is 367 g/mol. The third kappa shape index (κ3) is 5.31. The molecule has 0 bridgehead atoms. The number of benzene rings is 2. The third-order valence-electron chi connectivity index (χ3n) is 3.35. The Balaban J connectivity index is 1.90. The van der Waals surface area contributed by atoms with Gasteiger partial charge < -0.3 is 10.6 Å². The van der Waals surface area contributed by atoms with Crippen LogP contribution in [0.15, 0.2) is 53.4 Å². The summed E-state index contributed by atoms with van der Waals surface area (Å²) in [6, 6.07) is 12.6. The summed E-state index contributed by atoms with van der Waals surface area (Å²) in [5.41, 5.74) is 1.46. The molecule has 128 valence electrons. The minimum atomic E-state index is -3.70. The van der Waals surface area contributed by atoms with Crippen LogP contribution in [0.2, 0.25) is 5.02 Å². The molecule has 0 unspecified atom stereocenters. The van der Waals surface area contributed by atoms with E-state index in [0.29, 0.717) is 17.3 Å². The molecule has 0 spiro atoms. The van der Waals surface area contributed by atoms with E-state index in [1.54, 1.807) is 43.3 Å². The molecule has 2 rings (SSSR count). The Morgan fingerprint density at radius 3 is 2.46 bits per heavy atom. The fourth-order valence-electron chi connectivity index (χ4n) is 1.98. The minimum Gasteiger partial charge on any atom is -0.325 e. The van der Waals surface area contributed by atoms with Crippen molar-refractivity contribution in [2.24, 2.45) is 5.14 Å². The molecule has 0 radical (unpaired) electrons. The molecule has 8 heteroatoms. The number of amides is 1. The Morgan fingerprint density at radius 2 is 1.88 bits per heavy atom. The topological polar surface area (TPSA) is 101 Å². The van der Waals surface area contributed by atoms with Crippen molar-refractivity contribution >= 4 is 33.2 Å². The van der Waals surface area contributed by atoms with Crippen LogP contribution >= 0.6 is 11.6 Å². The van der Waals surface area contributed by atoms with Gasteiger partial charge in [0.15, 0.2) is 0 Å². The summed E-state index contributed by atoms with van der Waals surface area (Å²) in [4.78, 5) is 12.2. The van der Waals surface area contributed by atoms with E-state index in [1.807, 2.05) is 0 Å². The summed E-state index contributed by atoms with van der Waals surface area (Å²) < 4.78 is 22.4. The van der Waals surface area contributed by atoms with E-state index in [4.69, 9.17) is 16.7 Å². The van der Waals surface area contributed by atoms with Gasteiger partial charge in [0.1, 0.15) is 0 Å². The van der Waals surface area contributed by atoms with E-state index in [0.717, 1.165) is 5.56 Å². The molecule has 0 aromatic heterocycles. The van der Waals surface area contributed by atoms with Gasteiger partial charge in [-0.05, 0) is 42.8 Å². The summed E-state index contributed by atoms with van der Waals surface area (Å²) in [7, 11) is -3.70. The van der Waals surface area contributed by atoms with Gasteiger partial charge >= 0.3 is 0 Å². The Kier molecular flexibility index (Phi) is 5.95. The number of hydrogen-bond donors (Lipinski definition) is 3. The molecular weight excluding hydrogens is 350 g/mol. The van der Waals surface area contributed by atoms with Gasteiger partial charge in [0, 0.05) is 17.3 Å². The van der Waals surface area contributed by atoms with Crippen LogP contribution in [0.3, 0.4) is 0 Å². The van der Waals surface area contributed by atoms with Crippen molar-refractivity contribution in [3.63, 3.8) is 0 Å². The SMILES string of the molecule is C[C@@H](NCc1ccc(S(N)(=O)=O)cc1)C(=O)Nc1cccc(Cl)c1. The Hall–Kier alpha value is -1.93. The molecule has 0 aliphatic carbocycles. The first-order valence-corrected chi connectivity index (χ1v) is 9.10. The molecule has 1 atom stereocenters. The molecule has 0 aliphatic rings. The van der Waals surface area contributed by atoms with Crippen LogP contribution in [-0.4, -0.2) is 20.4 Å². The van der Waals surface area contributed by atoms with Crippen LogP contribution < -0.4 is 15.8 Å². The first kappa shape index (κ1) is 18.4. The summed E-state index contributed by atoms with van der Waals surface area (Å²) in [6.45, 7) is 2.15. The highest BCUT2D eigenvalue weighted by atomic mass is 35.5. The fraction of sp³-hybridized carbons (Fsp3) is 0.188. The maximum absolute atomic E-state index is 12.1. The average Bonchev–Trinajstić information content (AvgIpc) is 2.52. The zero-order valence-electron chi connectivity index (χ0n) is 13.0. The molecule has 0 aliphatic heterocycles. The van der Waals surface area contributed by atoms with Crippen LogP contribution in [0.5, 0.6) is 0 Å². The van der Waals surface area contributed by atoms with Crippen molar-refractivity contribution in [2.45, 2.75) is 24.4 Å². The lowest BCUT2D eigenvalue weighted by molar-refractivity contribution is -0.117. The highest BCUT2D eigenvalue weighted by molar-refractivity contribution is 7.89. The standard InChI is InChI=1S/C16H18ClN3O3S/c1-11(16(21)20-14-4-2-3-13(17)9-14)19-10-12-5-7-15(8-6-12)24(18,22)23/h2-9,11,19H,10H2,1H3,(H,20,21)(H2,18,22,23)/t11-/m1/s1. The Morgan fingerprint density at radius 1 is 1.21 bits per heavy atom. The molecule has 0 saturated heterocycles. The van der Waals surface area contributed by atoms with Gasteiger partial charge in [0.2, 0.25) is 15.9 Å². The zero-order valence-corrected chi connectivity index (χ0v) is 14.6. The lowest BCUT2D eigenvalue weighted by Crippen LogP contribution is -2.37. The van der Waals surface area contributed by atoms with Crippen LogP contribution in [0, 0.1) is 0 Å². The summed E-state index contributed by atoms with van der Waals surface area (Å²) in [5.74, 6) is -0.196. The third-order valence-corrected chi connectivity index (χ3v) is 4.51. The fourth-order valence-corrected chi connectivity index (χ4v) is 2.68. The van der Waals surface area contributed by atoms with Crippen molar-refractivity contribution in [3.8, 4) is 0 Å². The summed E-state index contributed by atoms with van der Waals surface area (Å²) in [5, 5.41) is 11.4. The van der Waals surface area contributed by atoms with Gasteiger partial charge in [0.25, 0.3) is 0 Å². The molecular formula is C16H18ClN3O3S. The largest absolute Gasteiger partial charge is 0.325 e. The zero-order chi connectivity index (χ0) is 17.7. The van der Waals surface area contributed by atoms with E-state index in [1.165, 1.54) is 12.1 Å². The number of sulfonamides is 1. The first-order valence-electron chi connectivity index (χ1n) is 7.17. The van der Waals surface area contributed by atoms with Crippen LogP contribution in [-0.2, 0) is 21.4 Å². The van der Waals surface area contributed by atoms with Crippen molar-refractivity contribution < 1.29 is 13.2 Å². The van der Waals surface area contributed by atoms with E-state index < -0.39 is 16.1 Å². The van der Waals surface area contributed by atoms with Crippen molar-refractivity contribution in [1.82, 2.24) is 5.32 Å². The summed E-state index contributed by atoms with van der Waals surface area (Å²) in [6.07, 6.45) is 0. The average molecular weight is 368 g/mol. The summed E-state index contributed by atoms with van der Waals surface area (Å²) >= 11 is 5.88. The van der Waals surface area contributed by atoms with Crippen LogP contribution in [0.25, 0.3) is 0 Å². The number of rotatable bonds is 6. The Bertz CT molecular complexity index is 823. The predicted octanol–water partition coefficient (Wildman–Crippen LogP) is 2.10. The van der Waals surface area contributed by atoms with Gasteiger partial charge in [-0.1, -0.05) is 29.8 Å². The predicted molar refractivity (Wildman–Crippen MR) is 94.2 cm³/mol. The number of anilines is 1. The van der Waals surface area contributed by atoms with Crippen molar-refractivity contribution in [1.29, 1.82) is 0 Å². The second-order valence-electron chi connectivity index (χ2n) is 5.29. The van der Waals surface area contributed by atoms with Crippen molar-refractivity contribution in [2.75, 3.05) is 5.32 Å². The van der Waals surface area contributed by atoms with Gasteiger partial charge in [0.05, 0.1) is 10.9 Å². The van der Waals surface area contributed by atoms with E-state index >= 15 is 0 Å². The lowest BCUT2D eigenvalue weighted by Gasteiger charge is -2.14. The number of primary sulfonamides is 1. The highest BCUT2D eigenvalue weighted by Gasteiger charge is 2.13. The molecule has 24 heavy (non-hydrogen) atoms. The number of carbonyl (C=O) groups is 1. The molecule has 0 fully saturated rings. The minimum absolute atomic E-state index is 0.0537. The van der Waals surface area contributed by atoms with Gasteiger partial charge in [-0.15, -0.1) is 0 Å². The highest BCUT2D eigenvalue weighted by Crippen LogP contribution is 2.15. The van der Waals surface area contributed by atoms with Gasteiger partial charge in [-0.25, -0.2) is 13.6 Å². The molecule has 2 aromatic rings. The maximum atomic E-state index is 12.1. The lowest BCUT2D eigenvalue weighted by atomic mass is 10.2. The van der Waals surface area contributed by atoms with Gasteiger partial charge in [-0.2, -0.15) is 0 Å². The van der Waals surface area contributed by atoms with Gasteiger partial charge in [-0.3, -0.25) is 4.79 Å². The van der Waals surface area contributed by atoms with Crippen LogP contribution in [0.4, 0.5) is 5.69 Å². The molecule has 6 nitrogen and oxygen atoms in total. The quantitative estimate of drug-likeness (QED) is 0.727. The molecule has 4 N–H and O–H groups in total. The molecule has 0 heterocycles. The smallest absolute Gasteiger partial charge is 0.241 e. The van der Waals surface area contributed by atoms with Crippen molar-refractivity contribution in [3.05, 3.63) is 59.1 Å². The maximum Gasteiger partial charge on any atom is 0.241 e. The normalized spacial score (nSPS) is 12.6. The number of nitrogens with one attached hydrogen (secondary N) is 2. The molecule has 1 amide bonds.